The second kappa shape index (κ2) is 10.1. The fourth-order valence-corrected chi connectivity index (χ4v) is 3.30. The van der Waals surface area contributed by atoms with Gasteiger partial charge in [-0.3, -0.25) is 14.2 Å². The largest absolute Gasteiger partial charge is 0.394 e. The van der Waals surface area contributed by atoms with Crippen LogP contribution in [0.3, 0.4) is 0 Å². The number of halogens is 1. The lowest BCUT2D eigenvalue weighted by molar-refractivity contribution is -0.121. The molecule has 0 spiro atoms. The van der Waals surface area contributed by atoms with Crippen molar-refractivity contribution < 1.29 is 14.3 Å². The average Bonchev–Trinajstić information content (AvgIpc) is 3.48. The minimum atomic E-state index is -0.664. The molecule has 1 atom stereocenters. The van der Waals surface area contributed by atoms with Crippen LogP contribution in [0.4, 0.5) is 21.8 Å². The Morgan fingerprint density at radius 2 is 2.03 bits per heavy atom. The van der Waals surface area contributed by atoms with Crippen molar-refractivity contribution in [3.8, 4) is 11.1 Å². The van der Waals surface area contributed by atoms with E-state index in [9.17, 15) is 14.3 Å². The number of aliphatic hydroxyl groups excluding tert-OH is 1. The molecule has 3 heterocycles. The minimum absolute atomic E-state index is 0.0611. The van der Waals surface area contributed by atoms with Crippen LogP contribution in [0.5, 0.6) is 0 Å². The molecular formula is C22H24FN9O2. The van der Waals surface area contributed by atoms with E-state index in [4.69, 9.17) is 0 Å². The third kappa shape index (κ3) is 5.35. The van der Waals surface area contributed by atoms with Gasteiger partial charge in [-0.2, -0.15) is 15.2 Å². The van der Waals surface area contributed by atoms with E-state index in [2.05, 4.69) is 36.1 Å². The van der Waals surface area contributed by atoms with E-state index in [1.165, 1.54) is 10.9 Å². The van der Waals surface area contributed by atoms with Crippen LogP contribution in [-0.4, -0.2) is 54.2 Å². The Hall–Kier alpha value is -4.32. The van der Waals surface area contributed by atoms with Crippen molar-refractivity contribution in [2.24, 2.45) is 7.05 Å². The normalized spacial score (nSPS) is 11.8. The first-order chi connectivity index (χ1) is 16.4. The van der Waals surface area contributed by atoms with Gasteiger partial charge in [0, 0.05) is 32.1 Å². The Bertz CT molecular complexity index is 1290. The van der Waals surface area contributed by atoms with E-state index in [1.54, 1.807) is 24.1 Å². The summed E-state index contributed by atoms with van der Waals surface area (Å²) in [6.07, 6.45) is 7.78. The summed E-state index contributed by atoms with van der Waals surface area (Å²) in [4.78, 5) is 19.6. The highest BCUT2D eigenvalue weighted by Crippen LogP contribution is 2.26. The quantitative estimate of drug-likeness (QED) is 0.294. The molecule has 34 heavy (non-hydrogen) atoms. The van der Waals surface area contributed by atoms with Crippen LogP contribution in [0, 0.1) is 5.82 Å². The fourth-order valence-electron chi connectivity index (χ4n) is 3.30. The van der Waals surface area contributed by atoms with Crippen molar-refractivity contribution in [3.63, 3.8) is 0 Å². The topological polar surface area (TPSA) is 135 Å². The Kier molecular flexibility index (Phi) is 6.78. The van der Waals surface area contributed by atoms with Gasteiger partial charge in [-0.15, -0.1) is 0 Å². The van der Waals surface area contributed by atoms with Crippen LogP contribution in [0.1, 0.15) is 11.6 Å². The highest BCUT2D eigenvalue weighted by atomic mass is 19.1. The van der Waals surface area contributed by atoms with Gasteiger partial charge < -0.3 is 21.1 Å². The zero-order chi connectivity index (χ0) is 24.1. The zero-order valence-electron chi connectivity index (χ0n) is 18.6. The van der Waals surface area contributed by atoms with E-state index < -0.39 is 11.9 Å². The monoisotopic (exact) mass is 465 g/mol. The zero-order valence-corrected chi connectivity index (χ0v) is 18.6. The molecule has 0 radical (unpaired) electrons. The van der Waals surface area contributed by atoms with E-state index in [-0.39, 0.29) is 30.8 Å². The number of likely N-dealkylation sites (N-methyl/N-ethyl adjacent to an activating group) is 1. The number of hydrogen-bond acceptors (Lipinski definition) is 8. The van der Waals surface area contributed by atoms with E-state index in [0.717, 1.165) is 22.9 Å². The number of carbonyl (C=O) groups is 1. The Morgan fingerprint density at radius 3 is 2.76 bits per heavy atom. The van der Waals surface area contributed by atoms with Gasteiger partial charge in [0.2, 0.25) is 11.9 Å². The van der Waals surface area contributed by atoms with Crippen LogP contribution in [0.15, 0.2) is 55.2 Å². The third-order valence-corrected chi connectivity index (χ3v) is 5.04. The number of hydrogen-bond donors (Lipinski definition) is 4. The molecule has 12 heteroatoms. The number of amides is 1. The number of aryl methyl sites for hydroxylation is 1. The van der Waals surface area contributed by atoms with E-state index in [1.807, 2.05) is 37.5 Å². The molecule has 0 saturated carbocycles. The van der Waals surface area contributed by atoms with Crippen molar-refractivity contribution in [1.29, 1.82) is 0 Å². The first-order valence-electron chi connectivity index (χ1n) is 10.4. The average molecular weight is 465 g/mol. The molecule has 4 N–H and O–H groups in total. The lowest BCUT2D eigenvalue weighted by Crippen LogP contribution is -2.23. The van der Waals surface area contributed by atoms with E-state index >= 15 is 0 Å². The van der Waals surface area contributed by atoms with Crippen molar-refractivity contribution >= 4 is 23.4 Å². The van der Waals surface area contributed by atoms with Crippen LogP contribution < -0.4 is 16.0 Å². The van der Waals surface area contributed by atoms with Gasteiger partial charge in [-0.1, -0.05) is 18.2 Å². The number of rotatable bonds is 9. The molecule has 4 rings (SSSR count). The van der Waals surface area contributed by atoms with Crippen LogP contribution in [0.25, 0.3) is 11.1 Å². The smallest absolute Gasteiger partial charge is 0.241 e. The van der Waals surface area contributed by atoms with Gasteiger partial charge in [0.1, 0.15) is 6.54 Å². The lowest BCUT2D eigenvalue weighted by Gasteiger charge is -2.19. The molecule has 0 bridgehead atoms. The molecule has 0 aliphatic carbocycles. The van der Waals surface area contributed by atoms with Gasteiger partial charge in [0.05, 0.1) is 36.9 Å². The van der Waals surface area contributed by atoms with Crippen LogP contribution >= 0.6 is 0 Å². The molecule has 1 unspecified atom stereocenters. The maximum absolute atomic E-state index is 14.5. The molecule has 1 aromatic carbocycles. The number of aliphatic hydroxyl groups is 1. The lowest BCUT2D eigenvalue weighted by atomic mass is 10.0. The molecule has 0 aliphatic heterocycles. The Labute approximate surface area is 194 Å². The summed E-state index contributed by atoms with van der Waals surface area (Å²) < 4.78 is 17.6. The number of anilines is 3. The van der Waals surface area contributed by atoms with Crippen molar-refractivity contribution in [1.82, 2.24) is 34.8 Å². The van der Waals surface area contributed by atoms with Gasteiger partial charge in [-0.25, -0.2) is 9.37 Å². The predicted octanol–water partition coefficient (Wildman–Crippen LogP) is 1.85. The summed E-state index contributed by atoms with van der Waals surface area (Å²) in [6, 6.07) is 6.94. The molecule has 0 fully saturated rings. The highest BCUT2D eigenvalue weighted by Gasteiger charge is 2.16. The van der Waals surface area contributed by atoms with Gasteiger partial charge in [-0.05, 0) is 17.2 Å². The predicted molar refractivity (Wildman–Crippen MR) is 124 cm³/mol. The Balaban J connectivity index is 1.51. The summed E-state index contributed by atoms with van der Waals surface area (Å²) in [5, 5.41) is 26.7. The summed E-state index contributed by atoms with van der Waals surface area (Å²) in [5.41, 5.74) is 3.14. The van der Waals surface area contributed by atoms with Gasteiger partial charge >= 0.3 is 0 Å². The molecule has 0 aliphatic rings. The van der Waals surface area contributed by atoms with Crippen molar-refractivity contribution in [2.45, 2.75) is 12.6 Å². The SMILES string of the molecule is CNC(=O)Cn1cc(Nc2ncc(F)c(NC(CO)c3cccc(-c4cnn(C)c4)c3)n2)cn1. The molecule has 4 aromatic rings. The van der Waals surface area contributed by atoms with Gasteiger partial charge in [0.15, 0.2) is 11.6 Å². The minimum Gasteiger partial charge on any atom is -0.394 e. The fraction of sp³-hybridized carbons (Fsp3) is 0.227. The third-order valence-electron chi connectivity index (χ3n) is 5.04. The summed E-state index contributed by atoms with van der Waals surface area (Å²) in [5.74, 6) is -0.796. The molecule has 1 amide bonds. The summed E-state index contributed by atoms with van der Waals surface area (Å²) in [6.45, 7) is -0.222. The number of nitrogens with zero attached hydrogens (tertiary/aromatic N) is 6. The first-order valence-corrected chi connectivity index (χ1v) is 10.4. The maximum atomic E-state index is 14.5. The number of nitrogens with one attached hydrogen (secondary N) is 3. The van der Waals surface area contributed by atoms with Crippen molar-refractivity contribution in [3.05, 3.63) is 66.6 Å². The van der Waals surface area contributed by atoms with Crippen LogP contribution in [0.2, 0.25) is 0 Å². The second-order valence-electron chi connectivity index (χ2n) is 7.52. The number of carbonyl (C=O) groups excluding carboxylic acids is 1. The highest BCUT2D eigenvalue weighted by molar-refractivity contribution is 5.75. The van der Waals surface area contributed by atoms with Gasteiger partial charge in [0.25, 0.3) is 0 Å². The molecule has 176 valence electrons. The summed E-state index contributed by atoms with van der Waals surface area (Å²) >= 11 is 0. The van der Waals surface area contributed by atoms with Crippen molar-refractivity contribution in [2.75, 3.05) is 24.3 Å². The first kappa shape index (κ1) is 22.9. The standard InChI is InChI=1S/C22H24FN9O2/c1-24-20(34)12-32-11-17(8-27-32)28-22-25-9-18(23)21(30-22)29-19(13-33)15-5-3-4-14(6-15)16-7-26-31(2)10-16/h3-11,19,33H,12-13H2,1-2H3,(H,24,34)(H2,25,28,29,30). The molecule has 3 aromatic heterocycles. The Morgan fingerprint density at radius 1 is 1.18 bits per heavy atom. The maximum Gasteiger partial charge on any atom is 0.241 e. The summed E-state index contributed by atoms with van der Waals surface area (Å²) in [7, 11) is 3.38. The van der Waals surface area contributed by atoms with E-state index in [0.29, 0.717) is 5.69 Å². The second-order valence-corrected chi connectivity index (χ2v) is 7.52. The molecular weight excluding hydrogens is 441 g/mol. The molecule has 0 saturated heterocycles. The van der Waals surface area contributed by atoms with Crippen LogP contribution in [-0.2, 0) is 18.4 Å². The number of aromatic nitrogens is 6. The molecule has 11 nitrogen and oxygen atoms in total. The number of benzene rings is 1.